The molecule has 1 heterocycles. The molecule has 9 heteroatoms. The number of aromatic nitrogens is 1. The number of hydrogen-bond acceptors (Lipinski definition) is 6. The fourth-order valence-corrected chi connectivity index (χ4v) is 3.72. The van der Waals surface area contributed by atoms with E-state index in [9.17, 15) is 13.2 Å². The van der Waals surface area contributed by atoms with Gasteiger partial charge in [0.1, 0.15) is 11.5 Å². The van der Waals surface area contributed by atoms with Crippen molar-refractivity contribution >= 4 is 27.4 Å². The van der Waals surface area contributed by atoms with Gasteiger partial charge in [-0.05, 0) is 55.5 Å². The molecule has 31 heavy (non-hydrogen) atoms. The molecule has 1 amide bonds. The Morgan fingerprint density at radius 2 is 1.71 bits per heavy atom. The summed E-state index contributed by atoms with van der Waals surface area (Å²) < 4.78 is 38.3. The summed E-state index contributed by atoms with van der Waals surface area (Å²) >= 11 is 0. The van der Waals surface area contributed by atoms with Crippen LogP contribution in [0.15, 0.2) is 64.0 Å². The number of rotatable bonds is 7. The van der Waals surface area contributed by atoms with Crippen LogP contribution in [0, 0.1) is 0 Å². The summed E-state index contributed by atoms with van der Waals surface area (Å²) in [5.41, 5.74) is 0.466. The topological polar surface area (TPSA) is 111 Å². The van der Waals surface area contributed by atoms with E-state index in [0.717, 1.165) is 0 Å². The number of anilines is 2. The molecule has 0 aliphatic heterocycles. The quantitative estimate of drug-likeness (QED) is 0.559. The van der Waals surface area contributed by atoms with Gasteiger partial charge in [0.15, 0.2) is 5.82 Å². The Kier molecular flexibility index (Phi) is 6.35. The summed E-state index contributed by atoms with van der Waals surface area (Å²) in [6.07, 6.45) is 0. The standard InChI is InChI=1S/C22H25N3O5S/c1-5-29-17-10-8-16(9-11-17)25-31(27,28)18-12-6-15(7-13-18)21(26)23-20-14-19(30-24-20)22(2,3)4/h6-14,25H,5H2,1-4H3,(H,23,24,26). The van der Waals surface area contributed by atoms with Crippen molar-refractivity contribution in [2.24, 2.45) is 0 Å². The Bertz CT molecular complexity index is 1150. The molecular formula is C22H25N3O5S. The van der Waals surface area contributed by atoms with Crippen molar-refractivity contribution in [3.8, 4) is 5.75 Å². The number of benzene rings is 2. The number of sulfonamides is 1. The lowest BCUT2D eigenvalue weighted by molar-refractivity contribution is 0.102. The van der Waals surface area contributed by atoms with Crippen LogP contribution in [-0.4, -0.2) is 26.1 Å². The third-order valence-corrected chi connectivity index (χ3v) is 5.73. The fourth-order valence-electron chi connectivity index (χ4n) is 2.66. The highest BCUT2D eigenvalue weighted by molar-refractivity contribution is 7.92. The Morgan fingerprint density at radius 1 is 1.06 bits per heavy atom. The van der Waals surface area contributed by atoms with Crippen LogP contribution < -0.4 is 14.8 Å². The second-order valence-electron chi connectivity index (χ2n) is 7.87. The first-order valence-electron chi connectivity index (χ1n) is 9.73. The largest absolute Gasteiger partial charge is 0.494 e. The molecule has 2 aromatic carbocycles. The average Bonchev–Trinajstić information content (AvgIpc) is 3.19. The number of nitrogens with zero attached hydrogens (tertiary/aromatic N) is 1. The highest BCUT2D eigenvalue weighted by Gasteiger charge is 2.21. The second-order valence-corrected chi connectivity index (χ2v) is 9.55. The molecule has 0 saturated heterocycles. The van der Waals surface area contributed by atoms with Crippen molar-refractivity contribution in [2.75, 3.05) is 16.6 Å². The summed E-state index contributed by atoms with van der Waals surface area (Å²) in [6, 6.07) is 13.9. The molecule has 1 aromatic heterocycles. The molecule has 0 fully saturated rings. The lowest BCUT2D eigenvalue weighted by Gasteiger charge is -2.12. The Labute approximate surface area is 181 Å². The first-order valence-corrected chi connectivity index (χ1v) is 11.2. The molecule has 2 N–H and O–H groups in total. The molecule has 0 radical (unpaired) electrons. The monoisotopic (exact) mass is 443 g/mol. The van der Waals surface area contributed by atoms with Crippen molar-refractivity contribution in [3.05, 3.63) is 65.9 Å². The van der Waals surface area contributed by atoms with E-state index in [2.05, 4.69) is 15.2 Å². The van der Waals surface area contributed by atoms with Crippen LogP contribution in [0.1, 0.15) is 43.8 Å². The predicted molar refractivity (Wildman–Crippen MR) is 118 cm³/mol. The summed E-state index contributed by atoms with van der Waals surface area (Å²) in [4.78, 5) is 12.5. The third-order valence-electron chi connectivity index (χ3n) is 4.34. The summed E-state index contributed by atoms with van der Waals surface area (Å²) in [5, 5.41) is 6.49. The maximum atomic E-state index is 12.6. The number of carbonyl (C=O) groups excluding carboxylic acids is 1. The van der Waals surface area contributed by atoms with Gasteiger partial charge in [-0.1, -0.05) is 25.9 Å². The minimum Gasteiger partial charge on any atom is -0.494 e. The summed E-state index contributed by atoms with van der Waals surface area (Å²) in [6.45, 7) is 8.31. The van der Waals surface area contributed by atoms with E-state index in [0.29, 0.717) is 35.2 Å². The van der Waals surface area contributed by atoms with Crippen LogP contribution in [0.5, 0.6) is 5.75 Å². The molecule has 0 aliphatic carbocycles. The van der Waals surface area contributed by atoms with Gasteiger partial charge < -0.3 is 14.6 Å². The molecule has 3 rings (SSSR count). The van der Waals surface area contributed by atoms with Gasteiger partial charge in [-0.15, -0.1) is 0 Å². The van der Waals surface area contributed by atoms with Crippen molar-refractivity contribution in [1.29, 1.82) is 0 Å². The van der Waals surface area contributed by atoms with Gasteiger partial charge in [0, 0.05) is 22.7 Å². The SMILES string of the molecule is CCOc1ccc(NS(=O)(=O)c2ccc(C(=O)Nc3cc(C(C)(C)C)on3)cc2)cc1. The van der Waals surface area contributed by atoms with Gasteiger partial charge in [0.2, 0.25) is 0 Å². The van der Waals surface area contributed by atoms with Crippen molar-refractivity contribution in [1.82, 2.24) is 5.16 Å². The minimum absolute atomic E-state index is 0.0365. The fraction of sp³-hybridized carbons (Fsp3) is 0.273. The molecular weight excluding hydrogens is 418 g/mol. The molecule has 0 bridgehead atoms. The van der Waals surface area contributed by atoms with Gasteiger partial charge in [-0.2, -0.15) is 0 Å². The molecule has 3 aromatic rings. The van der Waals surface area contributed by atoms with E-state index in [1.807, 2.05) is 27.7 Å². The summed E-state index contributed by atoms with van der Waals surface area (Å²) in [7, 11) is -3.80. The van der Waals surface area contributed by atoms with Crippen molar-refractivity contribution in [3.63, 3.8) is 0 Å². The Hall–Kier alpha value is -3.33. The van der Waals surface area contributed by atoms with Crippen molar-refractivity contribution in [2.45, 2.75) is 38.0 Å². The molecule has 8 nitrogen and oxygen atoms in total. The molecule has 0 saturated carbocycles. The maximum Gasteiger partial charge on any atom is 0.261 e. The van der Waals surface area contributed by atoms with Crippen LogP contribution in [0.3, 0.4) is 0 Å². The Morgan fingerprint density at radius 3 is 2.26 bits per heavy atom. The van der Waals surface area contributed by atoms with E-state index in [1.165, 1.54) is 24.3 Å². The number of carbonyl (C=O) groups is 1. The van der Waals surface area contributed by atoms with Crippen LogP contribution >= 0.6 is 0 Å². The third kappa shape index (κ3) is 5.64. The number of amides is 1. The van der Waals surface area contributed by atoms with Gasteiger partial charge in [0.25, 0.3) is 15.9 Å². The first kappa shape index (κ1) is 22.4. The lowest BCUT2D eigenvalue weighted by atomic mass is 9.93. The Balaban J connectivity index is 1.68. The van der Waals surface area contributed by atoms with E-state index in [4.69, 9.17) is 9.26 Å². The smallest absolute Gasteiger partial charge is 0.261 e. The van der Waals surface area contributed by atoms with Gasteiger partial charge in [-0.3, -0.25) is 9.52 Å². The minimum atomic E-state index is -3.80. The maximum absolute atomic E-state index is 12.6. The van der Waals surface area contributed by atoms with Gasteiger partial charge >= 0.3 is 0 Å². The van der Waals surface area contributed by atoms with Gasteiger partial charge in [0.05, 0.1) is 11.5 Å². The van der Waals surface area contributed by atoms with E-state index in [-0.39, 0.29) is 10.3 Å². The molecule has 0 unspecified atom stereocenters. The number of ether oxygens (including phenoxy) is 1. The van der Waals surface area contributed by atoms with Crippen LogP contribution in [-0.2, 0) is 15.4 Å². The molecule has 164 valence electrons. The van der Waals surface area contributed by atoms with E-state index < -0.39 is 15.9 Å². The number of nitrogens with one attached hydrogen (secondary N) is 2. The zero-order chi connectivity index (χ0) is 22.6. The molecule has 0 spiro atoms. The van der Waals surface area contributed by atoms with E-state index >= 15 is 0 Å². The molecule has 0 aliphatic rings. The predicted octanol–water partition coefficient (Wildman–Crippen LogP) is 4.42. The normalized spacial score (nSPS) is 11.7. The summed E-state index contributed by atoms with van der Waals surface area (Å²) in [5.74, 6) is 1.17. The first-order chi connectivity index (χ1) is 14.6. The van der Waals surface area contributed by atoms with Crippen LogP contribution in [0.4, 0.5) is 11.5 Å². The van der Waals surface area contributed by atoms with E-state index in [1.54, 1.807) is 30.3 Å². The van der Waals surface area contributed by atoms with Gasteiger partial charge in [-0.25, -0.2) is 8.42 Å². The highest BCUT2D eigenvalue weighted by atomic mass is 32.2. The number of hydrogen-bond donors (Lipinski definition) is 2. The van der Waals surface area contributed by atoms with Crippen LogP contribution in [0.2, 0.25) is 0 Å². The average molecular weight is 444 g/mol. The zero-order valence-corrected chi connectivity index (χ0v) is 18.6. The molecule has 0 atom stereocenters. The highest BCUT2D eigenvalue weighted by Crippen LogP contribution is 2.25. The second kappa shape index (κ2) is 8.81. The van der Waals surface area contributed by atoms with Crippen LogP contribution in [0.25, 0.3) is 0 Å². The lowest BCUT2D eigenvalue weighted by Crippen LogP contribution is -2.15. The van der Waals surface area contributed by atoms with Crippen molar-refractivity contribution < 1.29 is 22.5 Å². The zero-order valence-electron chi connectivity index (χ0n) is 17.8.